The van der Waals surface area contributed by atoms with Crippen LogP contribution < -0.4 is 21.0 Å². The summed E-state index contributed by atoms with van der Waals surface area (Å²) in [6.07, 6.45) is 0.771. The summed E-state index contributed by atoms with van der Waals surface area (Å²) in [5.41, 5.74) is 1.13. The van der Waals surface area contributed by atoms with E-state index in [2.05, 4.69) is 18.7 Å². The maximum atomic E-state index is 13.0. The van der Waals surface area contributed by atoms with Crippen LogP contribution in [0.5, 0.6) is 0 Å². The fourth-order valence-corrected chi connectivity index (χ4v) is 3.96. The zero-order chi connectivity index (χ0) is 21.8. The lowest BCUT2D eigenvalue weighted by Gasteiger charge is -2.25. The van der Waals surface area contributed by atoms with E-state index in [-0.39, 0.29) is 17.2 Å². The van der Waals surface area contributed by atoms with Crippen LogP contribution in [0.2, 0.25) is 0 Å². The van der Waals surface area contributed by atoms with Crippen molar-refractivity contribution in [3.63, 3.8) is 0 Å². The molecular weight excluding hydrogens is 382 g/mol. The van der Waals surface area contributed by atoms with Gasteiger partial charge in [0.1, 0.15) is 5.82 Å². The first-order valence-corrected chi connectivity index (χ1v) is 10.5. The molecule has 0 spiro atoms. The van der Waals surface area contributed by atoms with Crippen molar-refractivity contribution in [2.24, 2.45) is 14.1 Å². The minimum absolute atomic E-state index is 0.0146. The molecule has 0 aliphatic carbocycles. The van der Waals surface area contributed by atoms with Crippen molar-refractivity contribution < 1.29 is 4.79 Å². The zero-order valence-corrected chi connectivity index (χ0v) is 18.3. The third kappa shape index (κ3) is 4.27. The van der Waals surface area contributed by atoms with Crippen molar-refractivity contribution in [2.75, 3.05) is 49.1 Å². The van der Waals surface area contributed by atoms with Crippen molar-refractivity contribution in [3.8, 4) is 0 Å². The molecule has 1 aromatic carbocycles. The van der Waals surface area contributed by atoms with Gasteiger partial charge >= 0.3 is 5.69 Å². The Morgan fingerprint density at radius 2 is 1.60 bits per heavy atom. The van der Waals surface area contributed by atoms with Crippen LogP contribution in [0.4, 0.5) is 11.5 Å². The van der Waals surface area contributed by atoms with Crippen molar-refractivity contribution >= 4 is 17.4 Å². The predicted molar refractivity (Wildman–Crippen MR) is 120 cm³/mol. The van der Waals surface area contributed by atoms with Gasteiger partial charge in [-0.2, -0.15) is 0 Å². The molecule has 1 aliphatic rings. The predicted octanol–water partition coefficient (Wildman–Crippen LogP) is 1.28. The molecule has 3 rings (SSSR count). The molecule has 162 valence electrons. The van der Waals surface area contributed by atoms with Crippen LogP contribution in [0.1, 0.15) is 30.6 Å². The number of amides is 1. The minimum Gasteiger partial charge on any atom is -0.372 e. The van der Waals surface area contributed by atoms with Gasteiger partial charge in [-0.25, -0.2) is 4.79 Å². The molecule has 0 bridgehead atoms. The van der Waals surface area contributed by atoms with Gasteiger partial charge in [-0.1, -0.05) is 0 Å². The molecule has 0 saturated carbocycles. The number of benzene rings is 1. The fourth-order valence-electron chi connectivity index (χ4n) is 3.96. The lowest BCUT2D eigenvalue weighted by atomic mass is 10.1. The zero-order valence-electron chi connectivity index (χ0n) is 18.3. The van der Waals surface area contributed by atoms with Gasteiger partial charge in [-0.15, -0.1) is 0 Å². The quantitative estimate of drug-likeness (QED) is 0.739. The molecule has 30 heavy (non-hydrogen) atoms. The Morgan fingerprint density at radius 3 is 2.23 bits per heavy atom. The Balaban J connectivity index is 1.73. The summed E-state index contributed by atoms with van der Waals surface area (Å²) in [6.45, 7) is 8.53. The van der Waals surface area contributed by atoms with Crippen LogP contribution in [0, 0.1) is 0 Å². The molecule has 0 atom stereocenters. The highest BCUT2D eigenvalue weighted by Gasteiger charge is 2.22. The molecule has 0 unspecified atom stereocenters. The average molecular weight is 414 g/mol. The summed E-state index contributed by atoms with van der Waals surface area (Å²) >= 11 is 0. The Hall–Kier alpha value is -3.03. The maximum absolute atomic E-state index is 13.0. The van der Waals surface area contributed by atoms with Gasteiger partial charge in [0.25, 0.3) is 11.5 Å². The highest BCUT2D eigenvalue weighted by atomic mass is 16.2. The van der Waals surface area contributed by atoms with E-state index in [1.807, 2.05) is 34.1 Å². The highest BCUT2D eigenvalue weighted by Crippen LogP contribution is 2.18. The Labute approximate surface area is 176 Å². The van der Waals surface area contributed by atoms with Crippen molar-refractivity contribution in [1.29, 1.82) is 0 Å². The second-order valence-corrected chi connectivity index (χ2v) is 7.59. The molecular formula is C22H31N5O3. The average Bonchev–Trinajstić information content (AvgIpc) is 3.02. The molecule has 2 aromatic rings. The van der Waals surface area contributed by atoms with Gasteiger partial charge in [0.15, 0.2) is 0 Å². The third-order valence-electron chi connectivity index (χ3n) is 5.85. The number of hydrogen-bond acceptors (Lipinski definition) is 5. The molecule has 1 aromatic heterocycles. The third-order valence-corrected chi connectivity index (χ3v) is 5.85. The van der Waals surface area contributed by atoms with Gasteiger partial charge in [0.05, 0.1) is 0 Å². The van der Waals surface area contributed by atoms with Gasteiger partial charge in [-0.3, -0.25) is 18.7 Å². The standard InChI is InChI=1S/C22H31N5O3/c1-5-25(6-2)18-10-8-17(9-11-18)21(29)27-13-7-12-26(14-15-27)19-16-20(28)24(4)22(30)23(19)3/h8-11,16H,5-7,12-15H2,1-4H3. The number of carbonyl (C=O) groups is 1. The van der Waals surface area contributed by atoms with Crippen LogP contribution in [0.3, 0.4) is 0 Å². The molecule has 8 heteroatoms. The number of aromatic nitrogens is 2. The summed E-state index contributed by atoms with van der Waals surface area (Å²) in [5, 5.41) is 0. The van der Waals surface area contributed by atoms with Crippen molar-refractivity contribution in [2.45, 2.75) is 20.3 Å². The molecule has 0 radical (unpaired) electrons. The summed E-state index contributed by atoms with van der Waals surface area (Å²) < 4.78 is 2.59. The van der Waals surface area contributed by atoms with Crippen LogP contribution in [0.15, 0.2) is 39.9 Å². The molecule has 8 nitrogen and oxygen atoms in total. The van der Waals surface area contributed by atoms with E-state index in [4.69, 9.17) is 0 Å². The topological polar surface area (TPSA) is 70.8 Å². The van der Waals surface area contributed by atoms with E-state index in [0.717, 1.165) is 29.8 Å². The van der Waals surface area contributed by atoms with E-state index in [1.165, 1.54) is 17.7 Å². The Morgan fingerprint density at radius 1 is 0.933 bits per heavy atom. The second-order valence-electron chi connectivity index (χ2n) is 7.59. The molecule has 2 heterocycles. The number of anilines is 2. The van der Waals surface area contributed by atoms with E-state index in [9.17, 15) is 14.4 Å². The number of carbonyl (C=O) groups excluding carboxylic acids is 1. The smallest absolute Gasteiger partial charge is 0.332 e. The number of nitrogens with zero attached hydrogens (tertiary/aromatic N) is 5. The SMILES string of the molecule is CCN(CC)c1ccc(C(=O)N2CCCN(c3cc(=O)n(C)c(=O)n3C)CC2)cc1. The molecule has 1 aliphatic heterocycles. The second kappa shape index (κ2) is 9.19. The fraction of sp³-hybridized carbons (Fsp3) is 0.500. The minimum atomic E-state index is -0.344. The van der Waals surface area contributed by atoms with E-state index in [1.54, 1.807) is 7.05 Å². The maximum Gasteiger partial charge on any atom is 0.332 e. The summed E-state index contributed by atoms with van der Waals surface area (Å²) in [5.74, 6) is 0.613. The van der Waals surface area contributed by atoms with E-state index in [0.29, 0.717) is 37.6 Å². The monoisotopic (exact) mass is 413 g/mol. The van der Waals surface area contributed by atoms with Crippen LogP contribution in [0.25, 0.3) is 0 Å². The van der Waals surface area contributed by atoms with Gasteiger partial charge in [-0.05, 0) is 44.5 Å². The summed E-state index contributed by atoms with van der Waals surface area (Å²) in [6, 6.07) is 9.27. The lowest BCUT2D eigenvalue weighted by Crippen LogP contribution is -2.41. The molecule has 0 N–H and O–H groups in total. The van der Waals surface area contributed by atoms with Crippen LogP contribution in [-0.4, -0.2) is 59.2 Å². The number of hydrogen-bond donors (Lipinski definition) is 0. The Kier molecular flexibility index (Phi) is 6.64. The summed E-state index contributed by atoms with van der Waals surface area (Å²) in [7, 11) is 3.14. The summed E-state index contributed by atoms with van der Waals surface area (Å²) in [4.78, 5) is 43.4. The Bertz CT molecular complexity index is 1000. The first-order chi connectivity index (χ1) is 14.4. The van der Waals surface area contributed by atoms with Gasteiger partial charge in [0, 0.05) is 70.7 Å². The lowest BCUT2D eigenvalue weighted by molar-refractivity contribution is 0.0767. The van der Waals surface area contributed by atoms with Crippen LogP contribution >= 0.6 is 0 Å². The molecule has 1 amide bonds. The van der Waals surface area contributed by atoms with Crippen molar-refractivity contribution in [3.05, 3.63) is 56.7 Å². The molecule has 1 saturated heterocycles. The van der Waals surface area contributed by atoms with Crippen LogP contribution in [-0.2, 0) is 14.1 Å². The number of rotatable bonds is 5. The molecule has 1 fully saturated rings. The van der Waals surface area contributed by atoms with Crippen molar-refractivity contribution in [1.82, 2.24) is 14.0 Å². The highest BCUT2D eigenvalue weighted by molar-refractivity contribution is 5.94. The van der Waals surface area contributed by atoms with E-state index < -0.39 is 0 Å². The van der Waals surface area contributed by atoms with Gasteiger partial charge in [0.2, 0.25) is 0 Å². The van der Waals surface area contributed by atoms with E-state index >= 15 is 0 Å². The first-order valence-electron chi connectivity index (χ1n) is 10.5. The largest absolute Gasteiger partial charge is 0.372 e. The first kappa shape index (κ1) is 21.7. The van der Waals surface area contributed by atoms with Gasteiger partial charge < -0.3 is 14.7 Å². The normalized spacial score (nSPS) is 14.5.